The van der Waals surface area contributed by atoms with Crippen molar-refractivity contribution in [2.75, 3.05) is 17.2 Å². The number of benzene rings is 2. The normalized spacial score (nSPS) is 13.0. The Morgan fingerprint density at radius 1 is 1.14 bits per heavy atom. The summed E-state index contributed by atoms with van der Waals surface area (Å²) >= 11 is 1.03. The summed E-state index contributed by atoms with van der Waals surface area (Å²) in [6.45, 7) is -0.217. The lowest BCUT2D eigenvalue weighted by Crippen LogP contribution is -2.20. The summed E-state index contributed by atoms with van der Waals surface area (Å²) in [6.07, 6.45) is 1.85. The van der Waals surface area contributed by atoms with Crippen molar-refractivity contribution in [1.82, 2.24) is 9.36 Å². The Kier molecular flexibility index (Phi) is 5.48. The average Bonchev–Trinajstić information content (AvgIpc) is 3.47. The summed E-state index contributed by atoms with van der Waals surface area (Å²) in [5, 5.41) is 5.78. The van der Waals surface area contributed by atoms with E-state index in [0.29, 0.717) is 28.0 Å². The van der Waals surface area contributed by atoms with Crippen LogP contribution in [0.2, 0.25) is 0 Å². The van der Waals surface area contributed by atoms with Crippen molar-refractivity contribution >= 4 is 34.2 Å². The van der Waals surface area contributed by atoms with Crippen molar-refractivity contribution in [3.63, 3.8) is 0 Å². The van der Waals surface area contributed by atoms with Crippen molar-refractivity contribution in [3.05, 3.63) is 54.3 Å². The van der Waals surface area contributed by atoms with Crippen LogP contribution in [0.25, 0.3) is 11.4 Å². The zero-order valence-electron chi connectivity index (χ0n) is 15.2. The van der Waals surface area contributed by atoms with Gasteiger partial charge in [0.25, 0.3) is 5.91 Å². The summed E-state index contributed by atoms with van der Waals surface area (Å²) in [6, 6.07) is 12.7. The highest BCUT2D eigenvalue weighted by Gasteiger charge is 2.29. The average molecular weight is 412 g/mol. The molecule has 7 nitrogen and oxygen atoms in total. The molecule has 0 aliphatic heterocycles. The monoisotopic (exact) mass is 412 g/mol. The van der Waals surface area contributed by atoms with E-state index >= 15 is 0 Å². The van der Waals surface area contributed by atoms with Crippen molar-refractivity contribution in [2.24, 2.45) is 5.92 Å². The molecule has 0 unspecified atom stereocenters. The Balaban J connectivity index is 1.30. The Hall–Kier alpha value is -3.33. The summed E-state index contributed by atoms with van der Waals surface area (Å²) < 4.78 is 22.7. The molecule has 1 aliphatic rings. The van der Waals surface area contributed by atoms with Crippen LogP contribution in [0.4, 0.5) is 15.2 Å². The van der Waals surface area contributed by atoms with E-state index in [9.17, 15) is 14.0 Å². The first-order valence-electron chi connectivity index (χ1n) is 9.00. The van der Waals surface area contributed by atoms with Gasteiger partial charge < -0.3 is 10.1 Å². The number of hydrogen-bond acceptors (Lipinski definition) is 6. The highest BCUT2D eigenvalue weighted by atomic mass is 32.1. The number of hydrogen-bond donors (Lipinski definition) is 2. The predicted molar refractivity (Wildman–Crippen MR) is 107 cm³/mol. The lowest BCUT2D eigenvalue weighted by molar-refractivity contribution is -0.118. The number of carbonyl (C=O) groups excluding carboxylic acids is 2. The number of ether oxygens (including phenoxy) is 1. The first kappa shape index (κ1) is 19.0. The second-order valence-corrected chi connectivity index (χ2v) is 7.31. The summed E-state index contributed by atoms with van der Waals surface area (Å²) in [5.74, 6) is 0.263. The third kappa shape index (κ3) is 5.14. The molecule has 3 aromatic rings. The van der Waals surface area contributed by atoms with Crippen molar-refractivity contribution in [3.8, 4) is 17.1 Å². The molecule has 2 amide bonds. The van der Waals surface area contributed by atoms with E-state index in [2.05, 4.69) is 20.0 Å². The van der Waals surface area contributed by atoms with Gasteiger partial charge in [0.05, 0.1) is 0 Å². The Bertz CT molecular complexity index is 1030. The SMILES string of the molecule is O=C(COc1cccc(NC(=O)C2CC2)c1)Nc1nc(-c2ccc(F)cc2)ns1. The molecule has 0 saturated heterocycles. The Morgan fingerprint density at radius 3 is 2.69 bits per heavy atom. The minimum atomic E-state index is -0.390. The minimum absolute atomic E-state index is 0.00752. The molecule has 0 radical (unpaired) electrons. The van der Waals surface area contributed by atoms with E-state index in [4.69, 9.17) is 4.74 Å². The van der Waals surface area contributed by atoms with Gasteiger partial charge in [-0.25, -0.2) is 4.39 Å². The molecule has 2 aromatic carbocycles. The van der Waals surface area contributed by atoms with Gasteiger partial charge in [-0.3, -0.25) is 14.9 Å². The molecule has 1 fully saturated rings. The second kappa shape index (κ2) is 8.36. The number of halogens is 1. The smallest absolute Gasteiger partial charge is 0.264 e. The van der Waals surface area contributed by atoms with Crippen LogP contribution in [0.1, 0.15) is 12.8 Å². The van der Waals surface area contributed by atoms with E-state index in [-0.39, 0.29) is 30.2 Å². The fraction of sp³-hybridized carbons (Fsp3) is 0.200. The van der Waals surface area contributed by atoms with Gasteiger partial charge in [-0.2, -0.15) is 9.36 Å². The first-order valence-corrected chi connectivity index (χ1v) is 9.77. The fourth-order valence-electron chi connectivity index (χ4n) is 2.55. The topological polar surface area (TPSA) is 93.2 Å². The van der Waals surface area contributed by atoms with Crippen LogP contribution in [0, 0.1) is 11.7 Å². The van der Waals surface area contributed by atoms with Crippen LogP contribution >= 0.6 is 11.5 Å². The standard InChI is InChI=1S/C20H17FN4O3S/c21-14-8-6-12(7-9-14)18-24-20(29-25-18)23-17(26)11-28-16-3-1-2-15(10-16)22-19(27)13-4-5-13/h1-3,6-10,13H,4-5,11H2,(H,22,27)(H,23,24,25,26). The predicted octanol–water partition coefficient (Wildman–Crippen LogP) is 3.71. The molecule has 1 heterocycles. The van der Waals surface area contributed by atoms with Gasteiger partial charge in [-0.15, -0.1) is 0 Å². The molecular formula is C20H17FN4O3S. The van der Waals surface area contributed by atoms with E-state index in [1.807, 2.05) is 0 Å². The number of aromatic nitrogens is 2. The fourth-order valence-corrected chi connectivity index (χ4v) is 3.15. The number of amides is 2. The van der Waals surface area contributed by atoms with Gasteiger partial charge in [0.15, 0.2) is 12.4 Å². The molecule has 0 bridgehead atoms. The van der Waals surface area contributed by atoms with Crippen LogP contribution in [-0.2, 0) is 9.59 Å². The Morgan fingerprint density at radius 2 is 1.93 bits per heavy atom. The van der Waals surface area contributed by atoms with Crippen LogP contribution < -0.4 is 15.4 Å². The number of nitrogens with one attached hydrogen (secondary N) is 2. The lowest BCUT2D eigenvalue weighted by Gasteiger charge is -2.08. The van der Waals surface area contributed by atoms with E-state index in [1.165, 1.54) is 12.1 Å². The molecule has 9 heteroatoms. The van der Waals surface area contributed by atoms with Crippen LogP contribution in [0.3, 0.4) is 0 Å². The van der Waals surface area contributed by atoms with E-state index < -0.39 is 0 Å². The van der Waals surface area contributed by atoms with Gasteiger partial charge >= 0.3 is 0 Å². The molecule has 148 valence electrons. The summed E-state index contributed by atoms with van der Waals surface area (Å²) in [5.41, 5.74) is 1.29. The maximum absolute atomic E-state index is 13.0. The molecule has 4 rings (SSSR count). The lowest BCUT2D eigenvalue weighted by atomic mass is 10.2. The largest absolute Gasteiger partial charge is 0.484 e. The number of carbonyl (C=O) groups is 2. The highest BCUT2D eigenvalue weighted by Crippen LogP contribution is 2.30. The Labute approximate surface area is 170 Å². The van der Waals surface area contributed by atoms with Gasteiger partial charge in [-0.05, 0) is 49.2 Å². The van der Waals surface area contributed by atoms with Crippen molar-refractivity contribution < 1.29 is 18.7 Å². The molecule has 1 aromatic heterocycles. The third-order valence-electron chi connectivity index (χ3n) is 4.19. The molecular weight excluding hydrogens is 395 g/mol. The quantitative estimate of drug-likeness (QED) is 0.617. The van der Waals surface area contributed by atoms with Crippen molar-refractivity contribution in [1.29, 1.82) is 0 Å². The molecule has 0 spiro atoms. The summed E-state index contributed by atoms with van der Waals surface area (Å²) in [4.78, 5) is 28.2. The van der Waals surface area contributed by atoms with Crippen molar-refractivity contribution in [2.45, 2.75) is 12.8 Å². The maximum Gasteiger partial charge on any atom is 0.264 e. The molecule has 1 aliphatic carbocycles. The number of rotatable bonds is 7. The maximum atomic E-state index is 13.0. The third-order valence-corrected chi connectivity index (χ3v) is 4.82. The van der Waals surface area contributed by atoms with Gasteiger partial charge in [0, 0.05) is 34.8 Å². The molecule has 1 saturated carbocycles. The highest BCUT2D eigenvalue weighted by molar-refractivity contribution is 7.10. The zero-order valence-corrected chi connectivity index (χ0v) is 16.0. The van der Waals surface area contributed by atoms with Gasteiger partial charge in [0.2, 0.25) is 11.0 Å². The van der Waals surface area contributed by atoms with E-state index in [0.717, 1.165) is 24.4 Å². The summed E-state index contributed by atoms with van der Waals surface area (Å²) in [7, 11) is 0. The molecule has 0 atom stereocenters. The van der Waals surface area contributed by atoms with Crippen LogP contribution in [0.5, 0.6) is 5.75 Å². The van der Waals surface area contributed by atoms with Crippen LogP contribution in [-0.4, -0.2) is 27.8 Å². The molecule has 29 heavy (non-hydrogen) atoms. The zero-order chi connectivity index (χ0) is 20.2. The van der Waals surface area contributed by atoms with Gasteiger partial charge in [0.1, 0.15) is 11.6 Å². The first-order chi connectivity index (χ1) is 14.1. The minimum Gasteiger partial charge on any atom is -0.484 e. The van der Waals surface area contributed by atoms with Crippen LogP contribution in [0.15, 0.2) is 48.5 Å². The molecule has 2 N–H and O–H groups in total. The second-order valence-electron chi connectivity index (χ2n) is 6.56. The number of anilines is 2. The van der Waals surface area contributed by atoms with Gasteiger partial charge in [-0.1, -0.05) is 6.07 Å². The number of nitrogens with zero attached hydrogens (tertiary/aromatic N) is 2. The van der Waals surface area contributed by atoms with E-state index in [1.54, 1.807) is 36.4 Å².